The monoisotopic (exact) mass is 345 g/mol. The van der Waals surface area contributed by atoms with E-state index in [9.17, 15) is 5.11 Å². The minimum atomic E-state index is -0.500. The molecule has 2 aliphatic carbocycles. The predicted octanol–water partition coefficient (Wildman–Crippen LogP) is 2.61. The lowest BCUT2D eigenvalue weighted by Crippen LogP contribution is -2.71. The van der Waals surface area contributed by atoms with Crippen LogP contribution >= 0.6 is 0 Å². The molecule has 0 spiro atoms. The quantitative estimate of drug-likeness (QED) is 0.913. The second-order valence-corrected chi connectivity index (χ2v) is 7.50. The highest BCUT2D eigenvalue weighted by Crippen LogP contribution is 2.61. The molecule has 2 bridgehead atoms. The SMILES string of the molecule is COC1=CC2(OC)C3Cc4ccc(OC)c(O)c4C2(CC1)CCN3C. The molecule has 1 aromatic rings. The van der Waals surface area contributed by atoms with E-state index >= 15 is 0 Å². The molecule has 3 unspecified atom stereocenters. The third kappa shape index (κ3) is 1.97. The number of rotatable bonds is 3. The van der Waals surface area contributed by atoms with Gasteiger partial charge < -0.3 is 19.3 Å². The molecule has 4 rings (SSSR count). The van der Waals surface area contributed by atoms with Crippen molar-refractivity contribution in [3.63, 3.8) is 0 Å². The number of aromatic hydroxyl groups is 1. The standard InChI is InChI=1S/C20H27NO4/c1-21-10-9-19-8-7-14(23-2)12-20(19,25-4)16(21)11-13-5-6-15(24-3)18(22)17(13)19/h5-6,12,16,22H,7-11H2,1-4H3. The molecule has 0 aromatic heterocycles. The van der Waals surface area contributed by atoms with Crippen LogP contribution in [0.4, 0.5) is 0 Å². The number of phenolic OH excluding ortho intramolecular Hbond substituents is 1. The van der Waals surface area contributed by atoms with Crippen LogP contribution in [0.1, 0.15) is 30.4 Å². The first-order chi connectivity index (χ1) is 12.0. The zero-order valence-corrected chi connectivity index (χ0v) is 15.5. The summed E-state index contributed by atoms with van der Waals surface area (Å²) in [5.74, 6) is 1.79. The summed E-state index contributed by atoms with van der Waals surface area (Å²) in [5.41, 5.74) is 1.47. The molecule has 1 fully saturated rings. The predicted molar refractivity (Wildman–Crippen MR) is 95.1 cm³/mol. The second-order valence-electron chi connectivity index (χ2n) is 7.50. The minimum Gasteiger partial charge on any atom is -0.504 e. The highest BCUT2D eigenvalue weighted by molar-refractivity contribution is 5.59. The molecule has 0 radical (unpaired) electrons. The Morgan fingerprint density at radius 3 is 2.64 bits per heavy atom. The van der Waals surface area contributed by atoms with Crippen LogP contribution in [-0.2, 0) is 21.3 Å². The molecule has 136 valence electrons. The van der Waals surface area contributed by atoms with Crippen LogP contribution in [0.15, 0.2) is 24.0 Å². The van der Waals surface area contributed by atoms with Gasteiger partial charge in [-0.25, -0.2) is 0 Å². The van der Waals surface area contributed by atoms with Crippen molar-refractivity contribution in [3.8, 4) is 11.5 Å². The zero-order valence-electron chi connectivity index (χ0n) is 15.5. The Morgan fingerprint density at radius 2 is 1.96 bits per heavy atom. The van der Waals surface area contributed by atoms with Gasteiger partial charge in [0.2, 0.25) is 0 Å². The molecule has 0 amide bonds. The van der Waals surface area contributed by atoms with Crippen molar-refractivity contribution in [2.24, 2.45) is 0 Å². The number of nitrogens with zero attached hydrogens (tertiary/aromatic N) is 1. The first kappa shape index (κ1) is 16.7. The Bertz CT molecular complexity index is 731. The molecular weight excluding hydrogens is 318 g/mol. The van der Waals surface area contributed by atoms with Crippen molar-refractivity contribution in [2.45, 2.75) is 42.7 Å². The van der Waals surface area contributed by atoms with E-state index in [2.05, 4.69) is 24.1 Å². The van der Waals surface area contributed by atoms with Gasteiger partial charge in [-0.3, -0.25) is 4.90 Å². The van der Waals surface area contributed by atoms with E-state index in [1.807, 2.05) is 6.07 Å². The Balaban J connectivity index is 2.02. The van der Waals surface area contributed by atoms with Crippen LogP contribution in [0.3, 0.4) is 0 Å². The summed E-state index contributed by atoms with van der Waals surface area (Å²) in [5, 5.41) is 11.0. The fraction of sp³-hybridized carbons (Fsp3) is 0.600. The highest BCUT2D eigenvalue weighted by atomic mass is 16.5. The van der Waals surface area contributed by atoms with Gasteiger partial charge in [-0.15, -0.1) is 0 Å². The third-order valence-electron chi connectivity index (χ3n) is 6.78. The molecule has 0 saturated carbocycles. The lowest BCUT2D eigenvalue weighted by molar-refractivity contribution is -0.140. The first-order valence-electron chi connectivity index (χ1n) is 8.93. The molecule has 1 saturated heterocycles. The average Bonchev–Trinajstić information content (AvgIpc) is 2.64. The zero-order chi connectivity index (χ0) is 17.8. The van der Waals surface area contributed by atoms with Crippen LogP contribution in [0.25, 0.3) is 0 Å². The molecule has 1 aliphatic heterocycles. The number of likely N-dealkylation sites (N-methyl/N-ethyl adjacent to an activating group) is 1. The maximum atomic E-state index is 11.0. The largest absolute Gasteiger partial charge is 0.504 e. The average molecular weight is 345 g/mol. The molecule has 1 N–H and O–H groups in total. The number of likely N-dealkylation sites (tertiary alicyclic amines) is 1. The maximum Gasteiger partial charge on any atom is 0.161 e. The minimum absolute atomic E-state index is 0.219. The highest BCUT2D eigenvalue weighted by Gasteiger charge is 2.64. The number of allylic oxidation sites excluding steroid dienone is 1. The Kier molecular flexibility index (Phi) is 3.78. The van der Waals surface area contributed by atoms with Gasteiger partial charge in [-0.1, -0.05) is 6.07 Å². The molecule has 5 nitrogen and oxygen atoms in total. The van der Waals surface area contributed by atoms with E-state index in [4.69, 9.17) is 14.2 Å². The maximum absolute atomic E-state index is 11.0. The Labute approximate surface area is 149 Å². The van der Waals surface area contributed by atoms with Crippen molar-refractivity contribution in [3.05, 3.63) is 35.1 Å². The van der Waals surface area contributed by atoms with Gasteiger partial charge in [0.25, 0.3) is 0 Å². The summed E-state index contributed by atoms with van der Waals surface area (Å²) in [6.45, 7) is 0.988. The van der Waals surface area contributed by atoms with E-state index in [1.54, 1.807) is 21.3 Å². The third-order valence-corrected chi connectivity index (χ3v) is 6.78. The van der Waals surface area contributed by atoms with Crippen molar-refractivity contribution in [2.75, 3.05) is 34.9 Å². The van der Waals surface area contributed by atoms with E-state index in [0.717, 1.165) is 43.6 Å². The van der Waals surface area contributed by atoms with Crippen LogP contribution in [0.2, 0.25) is 0 Å². The number of fused-ring (bicyclic) bond motifs is 1. The van der Waals surface area contributed by atoms with Crippen LogP contribution in [-0.4, -0.2) is 56.6 Å². The van der Waals surface area contributed by atoms with Crippen molar-refractivity contribution < 1.29 is 19.3 Å². The van der Waals surface area contributed by atoms with Gasteiger partial charge in [0.15, 0.2) is 11.5 Å². The van der Waals surface area contributed by atoms with Crippen molar-refractivity contribution in [1.29, 1.82) is 0 Å². The summed E-state index contributed by atoms with van der Waals surface area (Å²) < 4.78 is 17.3. The number of ether oxygens (including phenoxy) is 3. The fourth-order valence-electron chi connectivity index (χ4n) is 5.56. The van der Waals surface area contributed by atoms with E-state index in [0.29, 0.717) is 5.75 Å². The Hall–Kier alpha value is -1.72. The number of phenols is 1. The summed E-state index contributed by atoms with van der Waals surface area (Å²) in [6.07, 6.45) is 5.72. The Morgan fingerprint density at radius 1 is 1.16 bits per heavy atom. The lowest BCUT2D eigenvalue weighted by Gasteiger charge is -2.63. The smallest absolute Gasteiger partial charge is 0.161 e. The molecule has 1 aromatic carbocycles. The molecule has 3 atom stereocenters. The van der Waals surface area contributed by atoms with E-state index < -0.39 is 5.60 Å². The van der Waals surface area contributed by atoms with Gasteiger partial charge in [0.05, 0.1) is 20.0 Å². The van der Waals surface area contributed by atoms with Gasteiger partial charge in [-0.05, 0) is 50.6 Å². The molecule has 5 heteroatoms. The second kappa shape index (κ2) is 5.64. The molecule has 1 heterocycles. The van der Waals surface area contributed by atoms with Crippen LogP contribution in [0, 0.1) is 0 Å². The normalized spacial score (nSPS) is 33.9. The van der Waals surface area contributed by atoms with Crippen LogP contribution < -0.4 is 4.74 Å². The molecular formula is C20H27NO4. The number of methoxy groups -OCH3 is 3. The fourth-order valence-corrected chi connectivity index (χ4v) is 5.56. The van der Waals surface area contributed by atoms with Crippen molar-refractivity contribution >= 4 is 0 Å². The molecule has 25 heavy (non-hydrogen) atoms. The van der Waals surface area contributed by atoms with Gasteiger partial charge in [0.1, 0.15) is 5.60 Å². The summed E-state index contributed by atoms with van der Waals surface area (Å²) in [4.78, 5) is 2.39. The number of hydrogen-bond acceptors (Lipinski definition) is 5. The topological polar surface area (TPSA) is 51.2 Å². The summed E-state index contributed by atoms with van der Waals surface area (Å²) >= 11 is 0. The summed E-state index contributed by atoms with van der Waals surface area (Å²) in [7, 11) is 7.29. The van der Waals surface area contributed by atoms with E-state index in [1.165, 1.54) is 5.56 Å². The van der Waals surface area contributed by atoms with Gasteiger partial charge >= 0.3 is 0 Å². The number of piperidine rings is 1. The van der Waals surface area contributed by atoms with Gasteiger partial charge in [-0.2, -0.15) is 0 Å². The lowest BCUT2D eigenvalue weighted by atomic mass is 9.51. The molecule has 3 aliphatic rings. The van der Waals surface area contributed by atoms with E-state index in [-0.39, 0.29) is 17.2 Å². The summed E-state index contributed by atoms with van der Waals surface area (Å²) in [6, 6.07) is 4.20. The van der Waals surface area contributed by atoms with Crippen LogP contribution in [0.5, 0.6) is 11.5 Å². The number of hydrogen-bond donors (Lipinski definition) is 1. The first-order valence-corrected chi connectivity index (χ1v) is 8.93. The van der Waals surface area contributed by atoms with Gasteiger partial charge in [0, 0.05) is 30.6 Å². The van der Waals surface area contributed by atoms with Crippen molar-refractivity contribution in [1.82, 2.24) is 4.90 Å². The number of benzene rings is 1.